The van der Waals surface area contributed by atoms with Crippen LogP contribution >= 0.6 is 0 Å². The quantitative estimate of drug-likeness (QED) is 0.788. The largest absolute Gasteiger partial charge is 0.480 e. The summed E-state index contributed by atoms with van der Waals surface area (Å²) in [5.74, 6) is -0.509. The Labute approximate surface area is 110 Å². The highest BCUT2D eigenvalue weighted by atomic mass is 16.4. The van der Waals surface area contributed by atoms with Crippen LogP contribution in [0.2, 0.25) is 0 Å². The number of rotatable bonds is 4. The highest BCUT2D eigenvalue weighted by Crippen LogP contribution is 2.20. The standard InChI is InChI=1S/C12H16N4O3/c17-11(18)8-15-12(19)9-1-5-16(6-2-9)10-7-13-3-4-14-10/h3-4,7,9H,1-2,5-6,8H2,(H,15,19)(H,17,18). The molecule has 2 rings (SSSR count). The Morgan fingerprint density at radius 2 is 2.11 bits per heavy atom. The topological polar surface area (TPSA) is 95.4 Å². The third kappa shape index (κ3) is 3.64. The SMILES string of the molecule is O=C(O)CNC(=O)C1CCN(c2cnccn2)CC1. The number of aromatic nitrogens is 2. The minimum absolute atomic E-state index is 0.118. The van der Waals surface area contributed by atoms with Crippen LogP contribution in [-0.4, -0.2) is 46.6 Å². The zero-order chi connectivity index (χ0) is 13.7. The Morgan fingerprint density at radius 1 is 1.37 bits per heavy atom. The molecule has 1 aromatic heterocycles. The first kappa shape index (κ1) is 13.3. The number of piperidine rings is 1. The van der Waals surface area contributed by atoms with Crippen molar-refractivity contribution < 1.29 is 14.7 Å². The summed E-state index contributed by atoms with van der Waals surface area (Å²) >= 11 is 0. The summed E-state index contributed by atoms with van der Waals surface area (Å²) in [5.41, 5.74) is 0. The average Bonchev–Trinajstić information content (AvgIpc) is 2.46. The maximum Gasteiger partial charge on any atom is 0.322 e. The summed E-state index contributed by atoms with van der Waals surface area (Å²) in [6, 6.07) is 0. The second-order valence-corrected chi connectivity index (χ2v) is 4.44. The van der Waals surface area contributed by atoms with E-state index in [4.69, 9.17) is 5.11 Å². The third-order valence-corrected chi connectivity index (χ3v) is 3.15. The first-order valence-corrected chi connectivity index (χ1v) is 6.17. The molecule has 2 heterocycles. The molecular formula is C12H16N4O3. The van der Waals surface area contributed by atoms with Gasteiger partial charge in [0.05, 0.1) is 6.20 Å². The van der Waals surface area contributed by atoms with Gasteiger partial charge in [0.25, 0.3) is 0 Å². The van der Waals surface area contributed by atoms with E-state index in [9.17, 15) is 9.59 Å². The number of nitrogens with zero attached hydrogens (tertiary/aromatic N) is 3. The maximum absolute atomic E-state index is 11.7. The van der Waals surface area contributed by atoms with Crippen molar-refractivity contribution in [3.05, 3.63) is 18.6 Å². The molecule has 19 heavy (non-hydrogen) atoms. The number of anilines is 1. The average molecular weight is 264 g/mol. The third-order valence-electron chi connectivity index (χ3n) is 3.15. The summed E-state index contributed by atoms with van der Waals surface area (Å²) in [7, 11) is 0. The van der Waals surface area contributed by atoms with Crippen molar-refractivity contribution in [2.45, 2.75) is 12.8 Å². The van der Waals surface area contributed by atoms with Gasteiger partial charge in [0, 0.05) is 31.4 Å². The van der Waals surface area contributed by atoms with Crippen LogP contribution in [0.25, 0.3) is 0 Å². The predicted molar refractivity (Wildman–Crippen MR) is 67.6 cm³/mol. The fourth-order valence-corrected chi connectivity index (χ4v) is 2.13. The van der Waals surface area contributed by atoms with Crippen LogP contribution in [0.1, 0.15) is 12.8 Å². The van der Waals surface area contributed by atoms with Crippen molar-refractivity contribution in [3.63, 3.8) is 0 Å². The summed E-state index contributed by atoms with van der Waals surface area (Å²) in [4.78, 5) is 32.4. The van der Waals surface area contributed by atoms with E-state index in [2.05, 4.69) is 20.2 Å². The Balaban J connectivity index is 1.82. The molecular weight excluding hydrogens is 248 g/mol. The van der Waals surface area contributed by atoms with Gasteiger partial charge in [-0.05, 0) is 12.8 Å². The molecule has 7 nitrogen and oxygen atoms in total. The molecule has 0 spiro atoms. The van der Waals surface area contributed by atoms with Crippen molar-refractivity contribution in [1.29, 1.82) is 0 Å². The summed E-state index contributed by atoms with van der Waals surface area (Å²) < 4.78 is 0. The summed E-state index contributed by atoms with van der Waals surface area (Å²) in [5, 5.41) is 10.9. The van der Waals surface area contributed by atoms with Crippen LogP contribution < -0.4 is 10.2 Å². The molecule has 0 aromatic carbocycles. The number of carbonyl (C=O) groups is 2. The minimum atomic E-state index is -1.02. The van der Waals surface area contributed by atoms with Gasteiger partial charge in [-0.3, -0.25) is 14.6 Å². The molecule has 2 N–H and O–H groups in total. The van der Waals surface area contributed by atoms with Crippen molar-refractivity contribution >= 4 is 17.7 Å². The van der Waals surface area contributed by atoms with Crippen LogP contribution in [-0.2, 0) is 9.59 Å². The van der Waals surface area contributed by atoms with E-state index in [0.717, 1.165) is 18.9 Å². The van der Waals surface area contributed by atoms with E-state index in [1.807, 2.05) is 0 Å². The highest BCUT2D eigenvalue weighted by molar-refractivity contribution is 5.83. The van der Waals surface area contributed by atoms with Crippen LogP contribution in [0.3, 0.4) is 0 Å². The molecule has 0 radical (unpaired) electrons. The van der Waals surface area contributed by atoms with Crippen LogP contribution in [0.5, 0.6) is 0 Å². The number of amides is 1. The lowest BCUT2D eigenvalue weighted by Gasteiger charge is -2.31. The fourth-order valence-electron chi connectivity index (χ4n) is 2.13. The van der Waals surface area contributed by atoms with E-state index in [-0.39, 0.29) is 18.4 Å². The number of hydrogen-bond acceptors (Lipinski definition) is 5. The lowest BCUT2D eigenvalue weighted by molar-refractivity contribution is -0.138. The van der Waals surface area contributed by atoms with E-state index >= 15 is 0 Å². The molecule has 1 aromatic rings. The van der Waals surface area contributed by atoms with Gasteiger partial charge in [-0.25, -0.2) is 4.98 Å². The van der Waals surface area contributed by atoms with E-state index < -0.39 is 5.97 Å². The Bertz CT molecular complexity index is 444. The van der Waals surface area contributed by atoms with Gasteiger partial charge in [-0.15, -0.1) is 0 Å². The van der Waals surface area contributed by atoms with E-state index in [1.165, 1.54) is 0 Å². The zero-order valence-electron chi connectivity index (χ0n) is 10.5. The van der Waals surface area contributed by atoms with Crippen molar-refractivity contribution in [2.75, 3.05) is 24.5 Å². The van der Waals surface area contributed by atoms with E-state index in [1.54, 1.807) is 18.6 Å². The molecule has 1 aliphatic heterocycles. The maximum atomic E-state index is 11.7. The molecule has 0 unspecified atom stereocenters. The highest BCUT2D eigenvalue weighted by Gasteiger charge is 2.25. The monoisotopic (exact) mass is 264 g/mol. The first-order valence-electron chi connectivity index (χ1n) is 6.17. The van der Waals surface area contributed by atoms with Crippen LogP contribution in [0.4, 0.5) is 5.82 Å². The first-order chi connectivity index (χ1) is 9.16. The second-order valence-electron chi connectivity index (χ2n) is 4.44. The number of aliphatic carboxylic acids is 1. The van der Waals surface area contributed by atoms with Gasteiger partial charge in [-0.2, -0.15) is 0 Å². The van der Waals surface area contributed by atoms with E-state index in [0.29, 0.717) is 12.8 Å². The molecule has 1 saturated heterocycles. The van der Waals surface area contributed by atoms with Crippen molar-refractivity contribution in [3.8, 4) is 0 Å². The Morgan fingerprint density at radius 3 is 2.68 bits per heavy atom. The molecule has 102 valence electrons. The molecule has 0 saturated carbocycles. The fraction of sp³-hybridized carbons (Fsp3) is 0.500. The number of hydrogen-bond donors (Lipinski definition) is 2. The van der Waals surface area contributed by atoms with Gasteiger partial charge in [0.15, 0.2) is 0 Å². The number of nitrogens with one attached hydrogen (secondary N) is 1. The van der Waals surface area contributed by atoms with Gasteiger partial charge < -0.3 is 15.3 Å². The number of carbonyl (C=O) groups excluding carboxylic acids is 1. The molecule has 0 aliphatic carbocycles. The van der Waals surface area contributed by atoms with Crippen LogP contribution in [0, 0.1) is 5.92 Å². The Kier molecular flexibility index (Phi) is 4.27. The molecule has 1 aliphatic rings. The summed E-state index contributed by atoms with van der Waals surface area (Å²) in [6.07, 6.45) is 6.35. The number of carboxylic acid groups (broad SMARTS) is 1. The van der Waals surface area contributed by atoms with Gasteiger partial charge in [0.1, 0.15) is 12.4 Å². The normalized spacial score (nSPS) is 16.1. The number of carboxylic acids is 1. The van der Waals surface area contributed by atoms with Crippen molar-refractivity contribution in [1.82, 2.24) is 15.3 Å². The predicted octanol–water partition coefficient (Wildman–Crippen LogP) is -0.106. The van der Waals surface area contributed by atoms with Crippen LogP contribution in [0.15, 0.2) is 18.6 Å². The van der Waals surface area contributed by atoms with Gasteiger partial charge >= 0.3 is 5.97 Å². The summed E-state index contributed by atoms with van der Waals surface area (Å²) in [6.45, 7) is 1.14. The molecule has 7 heteroatoms. The molecule has 0 atom stereocenters. The smallest absolute Gasteiger partial charge is 0.322 e. The lowest BCUT2D eigenvalue weighted by Crippen LogP contribution is -2.42. The lowest BCUT2D eigenvalue weighted by atomic mass is 9.96. The minimum Gasteiger partial charge on any atom is -0.480 e. The molecule has 1 fully saturated rings. The second kappa shape index (κ2) is 6.12. The van der Waals surface area contributed by atoms with Gasteiger partial charge in [-0.1, -0.05) is 0 Å². The van der Waals surface area contributed by atoms with Gasteiger partial charge in [0.2, 0.25) is 5.91 Å². The Hall–Kier alpha value is -2.18. The van der Waals surface area contributed by atoms with Crippen molar-refractivity contribution in [2.24, 2.45) is 5.92 Å². The zero-order valence-corrected chi connectivity index (χ0v) is 10.5. The molecule has 1 amide bonds. The molecule has 0 bridgehead atoms.